The molecule has 0 N–H and O–H groups in total. The van der Waals surface area contributed by atoms with Gasteiger partial charge < -0.3 is 9.80 Å². The summed E-state index contributed by atoms with van der Waals surface area (Å²) in [6.45, 7) is 6.37. The summed E-state index contributed by atoms with van der Waals surface area (Å²) in [6, 6.07) is 6.53. The second kappa shape index (κ2) is 9.44. The highest BCUT2D eigenvalue weighted by Crippen LogP contribution is 2.22. The number of carbonyl (C=O) groups is 2. The van der Waals surface area contributed by atoms with Crippen molar-refractivity contribution in [2.75, 3.05) is 26.2 Å². The lowest BCUT2D eigenvalue weighted by Crippen LogP contribution is -2.53. The van der Waals surface area contributed by atoms with Gasteiger partial charge in [-0.2, -0.15) is 0 Å². The maximum atomic E-state index is 14.7. The zero-order valence-electron chi connectivity index (χ0n) is 19.8. The molecule has 1 aliphatic heterocycles. The first-order chi connectivity index (χ1) is 16.6. The monoisotopic (exact) mass is 484 g/mol. The number of carbonyl (C=O) groups excluding carboxylic acids is 2. The topological polar surface area (TPSA) is 84.6 Å². The minimum absolute atomic E-state index is 0.0740. The van der Waals surface area contributed by atoms with E-state index in [9.17, 15) is 28.0 Å². The summed E-state index contributed by atoms with van der Waals surface area (Å²) < 4.78 is 30.1. The number of hydrogen-bond donors (Lipinski definition) is 0. The first-order valence-electron chi connectivity index (χ1n) is 11.4. The van der Waals surface area contributed by atoms with Crippen LogP contribution in [0.25, 0.3) is 16.6 Å². The minimum Gasteiger partial charge on any atom is -0.339 e. The first-order valence-corrected chi connectivity index (χ1v) is 11.4. The Morgan fingerprint density at radius 1 is 0.971 bits per heavy atom. The van der Waals surface area contributed by atoms with Gasteiger partial charge >= 0.3 is 5.69 Å². The fourth-order valence-corrected chi connectivity index (χ4v) is 4.55. The molecule has 2 heterocycles. The van der Waals surface area contributed by atoms with Crippen molar-refractivity contribution in [1.82, 2.24) is 18.9 Å². The van der Waals surface area contributed by atoms with Crippen molar-refractivity contribution in [1.29, 1.82) is 0 Å². The summed E-state index contributed by atoms with van der Waals surface area (Å²) in [5, 5.41) is 0.140. The van der Waals surface area contributed by atoms with Crippen molar-refractivity contribution in [3.05, 3.63) is 74.4 Å². The molecule has 0 saturated carbocycles. The van der Waals surface area contributed by atoms with Gasteiger partial charge in [0.2, 0.25) is 11.8 Å². The van der Waals surface area contributed by atoms with Crippen LogP contribution < -0.4 is 11.2 Å². The fraction of sp³-hybridized carbons (Fsp3) is 0.360. The number of nitrogens with zero attached hydrogens (tertiary/aromatic N) is 4. The SMILES string of the molecule is CC[C@@H](C(=O)N1CCN(C(C)=O)CC1)n1c(=O)n(-c2ccc(F)cc2F)c(=O)c2cc(C)ccc21. The third kappa shape index (κ3) is 4.36. The van der Waals surface area contributed by atoms with Crippen LogP contribution in [0.15, 0.2) is 46.0 Å². The zero-order valence-corrected chi connectivity index (χ0v) is 19.8. The number of rotatable bonds is 4. The van der Waals surface area contributed by atoms with Crippen LogP contribution in [0.1, 0.15) is 31.9 Å². The molecule has 2 amide bonds. The first kappa shape index (κ1) is 24.3. The molecule has 1 saturated heterocycles. The molecule has 4 rings (SSSR count). The number of hydrogen-bond acceptors (Lipinski definition) is 4. The summed E-state index contributed by atoms with van der Waals surface area (Å²) in [5.41, 5.74) is -1.04. The molecule has 0 unspecified atom stereocenters. The predicted octanol–water partition coefficient (Wildman–Crippen LogP) is 2.38. The highest BCUT2D eigenvalue weighted by Gasteiger charge is 2.31. The van der Waals surface area contributed by atoms with Gasteiger partial charge in [0.25, 0.3) is 5.56 Å². The lowest BCUT2D eigenvalue weighted by molar-refractivity contribution is -0.140. The van der Waals surface area contributed by atoms with Crippen LogP contribution in [0.2, 0.25) is 0 Å². The highest BCUT2D eigenvalue weighted by atomic mass is 19.1. The van der Waals surface area contributed by atoms with Gasteiger partial charge in [-0.05, 0) is 37.6 Å². The summed E-state index contributed by atoms with van der Waals surface area (Å²) in [4.78, 5) is 55.5. The molecular formula is C25H26F2N4O4. The molecule has 1 aromatic heterocycles. The number of benzene rings is 2. The third-order valence-electron chi connectivity index (χ3n) is 6.41. The van der Waals surface area contributed by atoms with E-state index in [2.05, 4.69) is 0 Å². The van der Waals surface area contributed by atoms with Crippen molar-refractivity contribution in [2.24, 2.45) is 0 Å². The molecule has 1 aliphatic rings. The van der Waals surface area contributed by atoms with Gasteiger partial charge in [0.1, 0.15) is 17.7 Å². The smallest absolute Gasteiger partial charge is 0.336 e. The fourth-order valence-electron chi connectivity index (χ4n) is 4.55. The van der Waals surface area contributed by atoms with Crippen molar-refractivity contribution >= 4 is 22.7 Å². The molecule has 0 bridgehead atoms. The van der Waals surface area contributed by atoms with Gasteiger partial charge in [0.05, 0.1) is 16.6 Å². The van der Waals surface area contributed by atoms with E-state index >= 15 is 0 Å². The second-order valence-electron chi connectivity index (χ2n) is 8.66. The van der Waals surface area contributed by atoms with Crippen LogP contribution in [0.4, 0.5) is 8.78 Å². The van der Waals surface area contributed by atoms with Crippen LogP contribution in [-0.4, -0.2) is 56.9 Å². The molecule has 0 radical (unpaired) electrons. The molecule has 2 aromatic carbocycles. The Morgan fingerprint density at radius 3 is 2.23 bits per heavy atom. The Hall–Kier alpha value is -3.82. The van der Waals surface area contributed by atoms with E-state index < -0.39 is 34.6 Å². The van der Waals surface area contributed by atoms with Gasteiger partial charge in [-0.15, -0.1) is 0 Å². The van der Waals surface area contributed by atoms with E-state index in [1.54, 1.807) is 41.8 Å². The summed E-state index contributed by atoms with van der Waals surface area (Å²) >= 11 is 0. The van der Waals surface area contributed by atoms with E-state index in [1.165, 1.54) is 11.5 Å². The number of halogens is 2. The van der Waals surface area contributed by atoms with Crippen LogP contribution in [0.5, 0.6) is 0 Å². The number of aromatic nitrogens is 2. The van der Waals surface area contributed by atoms with Crippen molar-refractivity contribution in [3.63, 3.8) is 0 Å². The van der Waals surface area contributed by atoms with E-state index in [0.29, 0.717) is 36.8 Å². The predicted molar refractivity (Wildman–Crippen MR) is 127 cm³/mol. The Morgan fingerprint density at radius 2 is 1.63 bits per heavy atom. The van der Waals surface area contributed by atoms with E-state index in [4.69, 9.17) is 0 Å². The minimum atomic E-state index is -1.07. The molecule has 3 aromatic rings. The maximum absolute atomic E-state index is 14.7. The van der Waals surface area contributed by atoms with Crippen LogP contribution in [0, 0.1) is 18.6 Å². The van der Waals surface area contributed by atoms with Gasteiger partial charge in [-0.3, -0.25) is 19.0 Å². The summed E-state index contributed by atoms with van der Waals surface area (Å²) in [6.07, 6.45) is 0.235. The Kier molecular flexibility index (Phi) is 6.56. The normalized spacial score (nSPS) is 14.9. The summed E-state index contributed by atoms with van der Waals surface area (Å²) in [7, 11) is 0. The maximum Gasteiger partial charge on any atom is 0.336 e. The number of amides is 2. The lowest BCUT2D eigenvalue weighted by atomic mass is 10.1. The highest BCUT2D eigenvalue weighted by molar-refractivity contribution is 5.85. The summed E-state index contributed by atoms with van der Waals surface area (Å²) in [5.74, 6) is -2.32. The molecule has 35 heavy (non-hydrogen) atoms. The molecule has 1 atom stereocenters. The molecule has 0 spiro atoms. The van der Waals surface area contributed by atoms with E-state index in [1.807, 2.05) is 0 Å². The van der Waals surface area contributed by atoms with Gasteiger partial charge in [0.15, 0.2) is 0 Å². The standard InChI is InChI=1S/C25H26F2N4O4/c1-4-20(24(34)29-11-9-28(10-12-29)16(3)32)30-21-7-5-15(2)13-18(21)23(33)31(25(30)35)22-8-6-17(26)14-19(22)27/h5-8,13-14,20H,4,9-12H2,1-3H3/t20-/m0/s1. The molecule has 10 heteroatoms. The Bertz CT molecular complexity index is 1440. The van der Waals surface area contributed by atoms with Gasteiger partial charge in [-0.25, -0.2) is 18.1 Å². The quantitative estimate of drug-likeness (QED) is 0.569. The molecule has 8 nitrogen and oxygen atoms in total. The second-order valence-corrected chi connectivity index (χ2v) is 8.66. The van der Waals surface area contributed by atoms with Crippen molar-refractivity contribution in [3.8, 4) is 5.69 Å². The average molecular weight is 485 g/mol. The number of piperazine rings is 1. The van der Waals surface area contributed by atoms with Gasteiger partial charge in [0, 0.05) is 39.2 Å². The number of aryl methyl sites for hydroxylation is 1. The van der Waals surface area contributed by atoms with Crippen LogP contribution in [-0.2, 0) is 9.59 Å². The Labute approximate surface area is 200 Å². The average Bonchev–Trinajstić information content (AvgIpc) is 2.83. The lowest BCUT2D eigenvalue weighted by Gasteiger charge is -2.36. The van der Waals surface area contributed by atoms with Crippen molar-refractivity contribution in [2.45, 2.75) is 33.2 Å². The van der Waals surface area contributed by atoms with Crippen molar-refractivity contribution < 1.29 is 18.4 Å². The Balaban J connectivity index is 1.90. The molecule has 1 fully saturated rings. The third-order valence-corrected chi connectivity index (χ3v) is 6.41. The van der Waals surface area contributed by atoms with E-state index in [0.717, 1.165) is 17.7 Å². The van der Waals surface area contributed by atoms with Gasteiger partial charge in [-0.1, -0.05) is 18.6 Å². The molecule has 184 valence electrons. The largest absolute Gasteiger partial charge is 0.339 e. The molecular weight excluding hydrogens is 458 g/mol. The van der Waals surface area contributed by atoms with Crippen LogP contribution >= 0.6 is 0 Å². The van der Waals surface area contributed by atoms with E-state index in [-0.39, 0.29) is 29.1 Å². The molecule has 0 aliphatic carbocycles. The number of fused-ring (bicyclic) bond motifs is 1. The zero-order chi connectivity index (χ0) is 25.4. The van der Waals surface area contributed by atoms with Crippen LogP contribution in [0.3, 0.4) is 0 Å².